The van der Waals surface area contributed by atoms with Gasteiger partial charge in [-0.3, -0.25) is 14.9 Å². The molecule has 4 rings (SSSR count). The topological polar surface area (TPSA) is 84.7 Å². The molecule has 7 nitrogen and oxygen atoms in total. The lowest BCUT2D eigenvalue weighted by Gasteiger charge is -2.30. The zero-order chi connectivity index (χ0) is 18.3. The van der Waals surface area contributed by atoms with Gasteiger partial charge in [-0.2, -0.15) is 0 Å². The van der Waals surface area contributed by atoms with Gasteiger partial charge in [0, 0.05) is 18.0 Å². The van der Waals surface area contributed by atoms with Crippen molar-refractivity contribution in [3.63, 3.8) is 0 Å². The first-order valence-electron chi connectivity index (χ1n) is 7.92. The number of benzene rings is 1. The van der Waals surface area contributed by atoms with Crippen molar-refractivity contribution >= 4 is 34.0 Å². The predicted molar refractivity (Wildman–Crippen MR) is 97.7 cm³/mol. The Kier molecular flexibility index (Phi) is 3.96. The minimum Gasteiger partial charge on any atom is -0.479 e. The summed E-state index contributed by atoms with van der Waals surface area (Å²) >= 11 is 1.31. The van der Waals surface area contributed by atoms with E-state index in [2.05, 4.69) is 10.3 Å². The Labute approximate surface area is 153 Å². The normalized spacial score (nSPS) is 16.2. The first-order chi connectivity index (χ1) is 12.5. The van der Waals surface area contributed by atoms with Crippen LogP contribution in [0.1, 0.15) is 17.5 Å². The number of nitrogens with one attached hydrogen (secondary N) is 1. The number of fused-ring (bicyclic) bond motifs is 1. The van der Waals surface area contributed by atoms with E-state index in [1.165, 1.54) is 17.6 Å². The van der Waals surface area contributed by atoms with Crippen molar-refractivity contribution in [2.75, 3.05) is 17.3 Å². The molecule has 2 amide bonds. The Morgan fingerprint density at radius 1 is 1.35 bits per heavy atom. The van der Waals surface area contributed by atoms with Crippen LogP contribution >= 0.6 is 11.3 Å². The highest BCUT2D eigenvalue weighted by atomic mass is 32.1. The Bertz CT molecular complexity index is 980. The number of furan rings is 1. The second-order valence-electron chi connectivity index (χ2n) is 5.81. The highest BCUT2D eigenvalue weighted by molar-refractivity contribution is 7.14. The molecule has 0 bridgehead atoms. The van der Waals surface area contributed by atoms with Gasteiger partial charge in [0.15, 0.2) is 17.0 Å². The van der Waals surface area contributed by atoms with Gasteiger partial charge in [0.05, 0.1) is 17.6 Å². The molecular formula is C18H15N3O4S. The molecule has 1 atom stereocenters. The fourth-order valence-corrected chi connectivity index (χ4v) is 3.42. The van der Waals surface area contributed by atoms with E-state index in [1.807, 2.05) is 23.6 Å². The number of nitrogens with zero attached hydrogens (tertiary/aromatic N) is 2. The van der Waals surface area contributed by atoms with Crippen molar-refractivity contribution in [1.29, 1.82) is 0 Å². The lowest BCUT2D eigenvalue weighted by molar-refractivity contribution is -0.125. The molecule has 3 aromatic rings. The van der Waals surface area contributed by atoms with Crippen molar-refractivity contribution < 1.29 is 18.7 Å². The maximum Gasteiger partial charge on any atom is 0.293 e. The number of thiazole rings is 1. The maximum atomic E-state index is 12.1. The third kappa shape index (κ3) is 2.84. The van der Waals surface area contributed by atoms with E-state index >= 15 is 0 Å². The summed E-state index contributed by atoms with van der Waals surface area (Å²) in [4.78, 5) is 30.1. The molecule has 8 heteroatoms. The monoisotopic (exact) mass is 369 g/mol. The molecule has 0 radical (unpaired) electrons. The van der Waals surface area contributed by atoms with Crippen LogP contribution in [0, 0.1) is 0 Å². The summed E-state index contributed by atoms with van der Waals surface area (Å²) in [5, 5.41) is 5.01. The maximum absolute atomic E-state index is 12.1. The molecule has 0 fully saturated rings. The fraction of sp³-hybridized carbons (Fsp3) is 0.167. The van der Waals surface area contributed by atoms with Crippen LogP contribution in [0.2, 0.25) is 0 Å². The standard InChI is InChI=1S/C18H15N3O4S/c1-10-17(23)21(2)13-8-11(5-6-14(13)25-10)12-9-26-18(19-12)20-16(22)15-4-3-7-24-15/h3-10H,1-2H3,(H,19,20,22). The van der Waals surface area contributed by atoms with E-state index in [1.54, 1.807) is 31.0 Å². The van der Waals surface area contributed by atoms with Gasteiger partial charge >= 0.3 is 0 Å². The van der Waals surface area contributed by atoms with Crippen molar-refractivity contribution in [1.82, 2.24) is 4.98 Å². The zero-order valence-electron chi connectivity index (χ0n) is 14.1. The molecule has 2 aromatic heterocycles. The Morgan fingerprint density at radius 2 is 2.19 bits per heavy atom. The number of rotatable bonds is 3. The number of carbonyl (C=O) groups excluding carboxylic acids is 2. The number of hydrogen-bond donors (Lipinski definition) is 1. The first kappa shape index (κ1) is 16.3. The van der Waals surface area contributed by atoms with Gasteiger partial charge in [0.2, 0.25) is 0 Å². The molecule has 0 saturated heterocycles. The minimum absolute atomic E-state index is 0.0978. The van der Waals surface area contributed by atoms with Crippen LogP contribution < -0.4 is 15.0 Å². The van der Waals surface area contributed by atoms with E-state index in [9.17, 15) is 9.59 Å². The van der Waals surface area contributed by atoms with E-state index in [0.29, 0.717) is 22.3 Å². The number of amides is 2. The first-order valence-corrected chi connectivity index (χ1v) is 8.80. The van der Waals surface area contributed by atoms with Crippen LogP contribution in [0.3, 0.4) is 0 Å². The van der Waals surface area contributed by atoms with Crippen LogP contribution in [0.5, 0.6) is 5.75 Å². The second kappa shape index (κ2) is 6.30. The smallest absolute Gasteiger partial charge is 0.293 e. The highest BCUT2D eigenvalue weighted by Crippen LogP contribution is 2.37. The third-order valence-electron chi connectivity index (χ3n) is 4.07. The number of likely N-dealkylation sites (N-methyl/N-ethyl adjacent to an activating group) is 1. The molecule has 0 saturated carbocycles. The average molecular weight is 369 g/mol. The van der Waals surface area contributed by atoms with Crippen LogP contribution in [-0.4, -0.2) is 29.9 Å². The largest absolute Gasteiger partial charge is 0.479 e. The molecule has 1 aliphatic rings. The number of carbonyl (C=O) groups is 2. The van der Waals surface area contributed by atoms with Crippen molar-refractivity contribution in [2.45, 2.75) is 13.0 Å². The second-order valence-corrected chi connectivity index (χ2v) is 6.67. The summed E-state index contributed by atoms with van der Waals surface area (Å²) in [5.41, 5.74) is 2.23. The summed E-state index contributed by atoms with van der Waals surface area (Å²) < 4.78 is 10.7. The molecule has 1 aromatic carbocycles. The summed E-state index contributed by atoms with van der Waals surface area (Å²) in [7, 11) is 1.72. The molecule has 1 unspecified atom stereocenters. The quantitative estimate of drug-likeness (QED) is 0.765. The van der Waals surface area contributed by atoms with E-state index in [4.69, 9.17) is 9.15 Å². The van der Waals surface area contributed by atoms with Crippen LogP contribution in [-0.2, 0) is 4.79 Å². The SMILES string of the molecule is CC1Oc2ccc(-c3csc(NC(=O)c4ccco4)n3)cc2N(C)C1=O. The van der Waals surface area contributed by atoms with Crippen molar-refractivity contribution in [3.05, 3.63) is 47.7 Å². The molecule has 0 aliphatic carbocycles. The van der Waals surface area contributed by atoms with Crippen molar-refractivity contribution in [2.24, 2.45) is 0 Å². The lowest BCUT2D eigenvalue weighted by Crippen LogP contribution is -2.41. The molecule has 1 N–H and O–H groups in total. The van der Waals surface area contributed by atoms with Gasteiger partial charge in [0.25, 0.3) is 11.8 Å². The Hall–Kier alpha value is -3.13. The molecule has 1 aliphatic heterocycles. The van der Waals surface area contributed by atoms with Gasteiger partial charge in [-0.1, -0.05) is 0 Å². The van der Waals surface area contributed by atoms with E-state index in [-0.39, 0.29) is 17.6 Å². The molecule has 3 heterocycles. The van der Waals surface area contributed by atoms with Crippen molar-refractivity contribution in [3.8, 4) is 17.0 Å². The number of aromatic nitrogens is 1. The van der Waals surface area contributed by atoms with E-state index < -0.39 is 6.10 Å². The molecule has 26 heavy (non-hydrogen) atoms. The van der Waals surface area contributed by atoms with Gasteiger partial charge in [-0.15, -0.1) is 11.3 Å². The van der Waals surface area contributed by atoms with Crippen LogP contribution in [0.15, 0.2) is 46.4 Å². The number of ether oxygens (including phenoxy) is 1. The Balaban J connectivity index is 1.58. The highest BCUT2D eigenvalue weighted by Gasteiger charge is 2.29. The number of anilines is 2. The fourth-order valence-electron chi connectivity index (χ4n) is 2.70. The lowest BCUT2D eigenvalue weighted by atomic mass is 10.1. The third-order valence-corrected chi connectivity index (χ3v) is 4.83. The van der Waals surface area contributed by atoms with Gasteiger partial charge in [0.1, 0.15) is 5.75 Å². The molecular weight excluding hydrogens is 354 g/mol. The average Bonchev–Trinajstić information content (AvgIpc) is 3.31. The minimum atomic E-state index is -0.499. The number of hydrogen-bond acceptors (Lipinski definition) is 6. The molecule has 132 valence electrons. The van der Waals surface area contributed by atoms with Gasteiger partial charge < -0.3 is 14.1 Å². The van der Waals surface area contributed by atoms with E-state index in [0.717, 1.165) is 5.56 Å². The summed E-state index contributed by atoms with van der Waals surface area (Å²) in [6.07, 6.45) is 0.941. The Morgan fingerprint density at radius 3 is 2.96 bits per heavy atom. The summed E-state index contributed by atoms with van der Waals surface area (Å²) in [5.74, 6) is 0.431. The van der Waals surface area contributed by atoms with Gasteiger partial charge in [-0.05, 0) is 37.3 Å². The zero-order valence-corrected chi connectivity index (χ0v) is 14.9. The van der Waals surface area contributed by atoms with Gasteiger partial charge in [-0.25, -0.2) is 4.98 Å². The summed E-state index contributed by atoms with van der Waals surface area (Å²) in [6.45, 7) is 1.73. The van der Waals surface area contributed by atoms with Crippen LogP contribution in [0.25, 0.3) is 11.3 Å². The summed E-state index contributed by atoms with van der Waals surface area (Å²) in [6, 6.07) is 8.79. The molecule has 0 spiro atoms. The predicted octanol–water partition coefficient (Wildman–Crippen LogP) is 3.40. The van der Waals surface area contributed by atoms with Crippen LogP contribution in [0.4, 0.5) is 10.8 Å².